The number of halogens is 1. The molecule has 6 aromatic carbocycles. The monoisotopic (exact) mass is 576 g/mol. The van der Waals surface area contributed by atoms with Gasteiger partial charge in [-0.25, -0.2) is 0 Å². The number of hydrogen-bond donors (Lipinski definition) is 0. The van der Waals surface area contributed by atoms with Gasteiger partial charge in [0.2, 0.25) is 0 Å². The van der Waals surface area contributed by atoms with E-state index in [1.807, 2.05) is 12.1 Å². The molecule has 0 amide bonds. The largest absolute Gasteiger partial charge is 0.456 e. The minimum Gasteiger partial charge on any atom is -0.456 e. The van der Waals surface area contributed by atoms with Crippen molar-refractivity contribution >= 4 is 59.8 Å². The average Bonchev–Trinajstić information content (AvgIpc) is 3.66. The first kappa shape index (κ1) is 22.2. The Kier molecular flexibility index (Phi) is 4.43. The van der Waals surface area contributed by atoms with E-state index in [0.717, 1.165) is 59.5 Å². The minimum atomic E-state index is -0.670. The molecule has 9 rings (SSSR count). The van der Waals surface area contributed by atoms with Crippen molar-refractivity contribution in [3.05, 3.63) is 154 Å². The van der Waals surface area contributed by atoms with Crippen molar-refractivity contribution in [3.8, 4) is 11.1 Å². The summed E-state index contributed by atoms with van der Waals surface area (Å²) in [5, 5.41) is 4.48. The third-order valence-corrected chi connectivity index (χ3v) is 9.30. The van der Waals surface area contributed by atoms with Gasteiger partial charge in [0.05, 0.1) is 5.41 Å². The average molecular weight is 577 g/mol. The lowest BCUT2D eigenvalue weighted by Gasteiger charge is -2.33. The van der Waals surface area contributed by atoms with Crippen LogP contribution in [0.25, 0.3) is 55.0 Å². The summed E-state index contributed by atoms with van der Waals surface area (Å²) in [7, 11) is 0. The van der Waals surface area contributed by atoms with Crippen molar-refractivity contribution in [1.82, 2.24) is 0 Å². The SMILES string of the molecule is Brc1cccc2c1-c1ccccc1C2(c1cccc2c1oc1ccccc12)c1cccc2c1oc1ccccc12. The van der Waals surface area contributed by atoms with Crippen LogP contribution in [0, 0.1) is 0 Å². The van der Waals surface area contributed by atoms with Gasteiger partial charge in [0.1, 0.15) is 22.3 Å². The topological polar surface area (TPSA) is 26.3 Å². The number of furan rings is 2. The Hall–Kier alpha value is -4.60. The van der Waals surface area contributed by atoms with Crippen LogP contribution in [0.2, 0.25) is 0 Å². The molecule has 0 saturated heterocycles. The fraction of sp³-hybridized carbons (Fsp3) is 0.0270. The summed E-state index contributed by atoms with van der Waals surface area (Å²) >= 11 is 3.92. The predicted molar refractivity (Wildman–Crippen MR) is 166 cm³/mol. The minimum absolute atomic E-state index is 0.670. The van der Waals surface area contributed by atoms with Gasteiger partial charge < -0.3 is 8.83 Å². The van der Waals surface area contributed by atoms with Crippen LogP contribution in [-0.2, 0) is 5.41 Å². The summed E-state index contributed by atoms with van der Waals surface area (Å²) in [5.74, 6) is 0. The van der Waals surface area contributed by atoms with Crippen LogP contribution in [0.4, 0.5) is 0 Å². The predicted octanol–water partition coefficient (Wildman–Crippen LogP) is 10.6. The van der Waals surface area contributed by atoms with Crippen LogP contribution in [0.3, 0.4) is 0 Å². The summed E-state index contributed by atoms with van der Waals surface area (Å²) in [6, 6.07) is 45.1. The van der Waals surface area contributed by atoms with E-state index in [0.29, 0.717) is 0 Å². The van der Waals surface area contributed by atoms with Gasteiger partial charge in [-0.1, -0.05) is 125 Å². The molecule has 0 aliphatic heterocycles. The molecule has 0 unspecified atom stereocenters. The molecule has 1 aliphatic rings. The van der Waals surface area contributed by atoms with Crippen molar-refractivity contribution in [1.29, 1.82) is 0 Å². The normalized spacial score (nSPS) is 13.8. The molecule has 1 aliphatic carbocycles. The van der Waals surface area contributed by atoms with Crippen molar-refractivity contribution in [2.24, 2.45) is 0 Å². The second-order valence-corrected chi connectivity index (χ2v) is 11.4. The molecule has 0 radical (unpaired) electrons. The van der Waals surface area contributed by atoms with Crippen LogP contribution in [0.15, 0.2) is 141 Å². The Bertz CT molecular complexity index is 2190. The molecule has 2 heterocycles. The van der Waals surface area contributed by atoms with E-state index in [1.54, 1.807) is 0 Å². The van der Waals surface area contributed by atoms with Crippen LogP contribution in [0.5, 0.6) is 0 Å². The molecular weight excluding hydrogens is 556 g/mol. The van der Waals surface area contributed by atoms with Gasteiger partial charge in [0.25, 0.3) is 0 Å². The summed E-state index contributed by atoms with van der Waals surface area (Å²) in [6.07, 6.45) is 0. The van der Waals surface area contributed by atoms with E-state index < -0.39 is 5.41 Å². The summed E-state index contributed by atoms with van der Waals surface area (Å²) in [5.41, 5.74) is 9.99. The molecule has 8 aromatic rings. The number of benzene rings is 6. The third-order valence-electron chi connectivity index (χ3n) is 8.63. The van der Waals surface area contributed by atoms with Gasteiger partial charge in [-0.2, -0.15) is 0 Å². The first-order valence-corrected chi connectivity index (χ1v) is 14.3. The van der Waals surface area contributed by atoms with Crippen molar-refractivity contribution in [3.63, 3.8) is 0 Å². The molecule has 188 valence electrons. The van der Waals surface area contributed by atoms with Crippen molar-refractivity contribution in [2.75, 3.05) is 0 Å². The molecule has 0 bridgehead atoms. The van der Waals surface area contributed by atoms with E-state index in [-0.39, 0.29) is 0 Å². The van der Waals surface area contributed by atoms with Gasteiger partial charge in [0.15, 0.2) is 0 Å². The lowest BCUT2D eigenvalue weighted by Crippen LogP contribution is -2.29. The maximum absolute atomic E-state index is 6.73. The highest BCUT2D eigenvalue weighted by atomic mass is 79.9. The zero-order valence-corrected chi connectivity index (χ0v) is 22.9. The highest BCUT2D eigenvalue weighted by molar-refractivity contribution is 9.10. The highest BCUT2D eigenvalue weighted by Gasteiger charge is 2.49. The lowest BCUT2D eigenvalue weighted by atomic mass is 9.67. The third kappa shape index (κ3) is 2.68. The zero-order chi connectivity index (χ0) is 26.4. The van der Waals surface area contributed by atoms with Gasteiger partial charge in [0, 0.05) is 42.7 Å². The fourth-order valence-corrected chi connectivity index (χ4v) is 7.67. The Morgan fingerprint density at radius 1 is 0.425 bits per heavy atom. The maximum atomic E-state index is 6.73. The molecule has 2 aromatic heterocycles. The molecular formula is C37H21BrO2. The fourth-order valence-electron chi connectivity index (χ4n) is 7.09. The molecule has 0 atom stereocenters. The Morgan fingerprint density at radius 3 is 1.55 bits per heavy atom. The second-order valence-electron chi connectivity index (χ2n) is 10.5. The molecule has 0 N–H and O–H groups in total. The van der Waals surface area contributed by atoms with E-state index in [1.165, 1.54) is 22.3 Å². The number of hydrogen-bond acceptors (Lipinski definition) is 2. The van der Waals surface area contributed by atoms with E-state index in [9.17, 15) is 0 Å². The summed E-state index contributed by atoms with van der Waals surface area (Å²) < 4.78 is 14.5. The van der Waals surface area contributed by atoms with Gasteiger partial charge in [-0.15, -0.1) is 0 Å². The van der Waals surface area contributed by atoms with Crippen LogP contribution >= 0.6 is 15.9 Å². The van der Waals surface area contributed by atoms with Crippen molar-refractivity contribution in [2.45, 2.75) is 5.41 Å². The van der Waals surface area contributed by atoms with E-state index >= 15 is 0 Å². The molecule has 0 saturated carbocycles. The van der Waals surface area contributed by atoms with E-state index in [2.05, 4.69) is 131 Å². The van der Waals surface area contributed by atoms with E-state index in [4.69, 9.17) is 8.83 Å². The number of para-hydroxylation sites is 4. The lowest BCUT2D eigenvalue weighted by molar-refractivity contribution is 0.634. The summed E-state index contributed by atoms with van der Waals surface area (Å²) in [6.45, 7) is 0. The highest BCUT2D eigenvalue weighted by Crippen LogP contribution is 2.60. The Balaban J connectivity index is 1.54. The summed E-state index contributed by atoms with van der Waals surface area (Å²) in [4.78, 5) is 0. The molecule has 0 spiro atoms. The Labute approximate surface area is 238 Å². The Morgan fingerprint density at radius 2 is 0.900 bits per heavy atom. The zero-order valence-electron chi connectivity index (χ0n) is 21.3. The van der Waals surface area contributed by atoms with Crippen LogP contribution < -0.4 is 0 Å². The van der Waals surface area contributed by atoms with Gasteiger partial charge in [-0.3, -0.25) is 0 Å². The number of fused-ring (bicyclic) bond motifs is 9. The smallest absolute Gasteiger partial charge is 0.140 e. The second kappa shape index (κ2) is 7.97. The molecule has 40 heavy (non-hydrogen) atoms. The van der Waals surface area contributed by atoms with Crippen LogP contribution in [-0.4, -0.2) is 0 Å². The first-order chi connectivity index (χ1) is 19.8. The van der Waals surface area contributed by atoms with Crippen molar-refractivity contribution < 1.29 is 8.83 Å². The first-order valence-electron chi connectivity index (χ1n) is 13.5. The molecule has 3 heteroatoms. The molecule has 0 fully saturated rings. The molecule has 2 nitrogen and oxygen atoms in total. The standard InChI is InChI=1S/C37H21BrO2/c38-31-19-9-16-28-34(31)26-12-1-4-15-27(26)37(28,29-17-7-13-24-22-10-2-5-20-32(22)39-35(24)29)30-18-8-14-25-23-11-3-6-21-33(23)40-36(25)30/h1-21H. The van der Waals surface area contributed by atoms with Crippen LogP contribution in [0.1, 0.15) is 22.3 Å². The quantitative estimate of drug-likeness (QED) is 0.204. The number of rotatable bonds is 2. The van der Waals surface area contributed by atoms with Gasteiger partial charge >= 0.3 is 0 Å². The maximum Gasteiger partial charge on any atom is 0.140 e. The van der Waals surface area contributed by atoms with Gasteiger partial charge in [-0.05, 0) is 34.9 Å².